The molecule has 1 aromatic heterocycles. The van der Waals surface area contributed by atoms with E-state index in [4.69, 9.17) is 10.5 Å². The highest BCUT2D eigenvalue weighted by atomic mass is 32.2. The van der Waals surface area contributed by atoms with E-state index in [0.29, 0.717) is 19.6 Å². The van der Waals surface area contributed by atoms with Crippen molar-refractivity contribution in [3.63, 3.8) is 0 Å². The normalized spacial score (nSPS) is 27.2. The predicted octanol–water partition coefficient (Wildman–Crippen LogP) is -0.314. The van der Waals surface area contributed by atoms with Gasteiger partial charge in [-0.25, -0.2) is 18.1 Å². The lowest BCUT2D eigenvalue weighted by molar-refractivity contribution is -0.0248. The van der Waals surface area contributed by atoms with Crippen LogP contribution in [0, 0.1) is 0 Å². The third-order valence-corrected chi connectivity index (χ3v) is 4.63. The third kappa shape index (κ3) is 2.97. The highest BCUT2D eigenvalue weighted by molar-refractivity contribution is 7.89. The molecular weight excluding hydrogens is 268 g/mol. The molecule has 8 heteroatoms. The number of hydrogen-bond acceptors (Lipinski definition) is 5. The van der Waals surface area contributed by atoms with Crippen LogP contribution < -0.4 is 10.5 Å². The van der Waals surface area contributed by atoms with E-state index >= 15 is 0 Å². The number of aryl methyl sites for hydroxylation is 1. The molecule has 0 spiro atoms. The van der Waals surface area contributed by atoms with Crippen LogP contribution in [-0.4, -0.2) is 42.8 Å². The molecule has 0 aliphatic heterocycles. The molecule has 2 rings (SSSR count). The monoisotopic (exact) mass is 288 g/mol. The lowest BCUT2D eigenvalue weighted by atomic mass is 9.84. The predicted molar refractivity (Wildman–Crippen MR) is 70.0 cm³/mol. The zero-order valence-corrected chi connectivity index (χ0v) is 11.9. The average Bonchev–Trinajstić information content (AvgIpc) is 2.86. The number of ether oxygens (including phenoxy) is 1. The van der Waals surface area contributed by atoms with E-state index in [1.54, 1.807) is 4.57 Å². The van der Waals surface area contributed by atoms with Gasteiger partial charge < -0.3 is 15.0 Å². The number of sulfonamides is 1. The van der Waals surface area contributed by atoms with E-state index in [1.807, 2.05) is 13.8 Å². The summed E-state index contributed by atoms with van der Waals surface area (Å²) in [5.41, 5.74) is 5.83. The van der Waals surface area contributed by atoms with Crippen LogP contribution in [0.1, 0.15) is 20.3 Å². The molecule has 19 heavy (non-hydrogen) atoms. The van der Waals surface area contributed by atoms with Crippen LogP contribution in [0.25, 0.3) is 0 Å². The Balaban J connectivity index is 2.08. The minimum atomic E-state index is -3.64. The molecule has 1 aliphatic rings. The summed E-state index contributed by atoms with van der Waals surface area (Å²) in [5.74, 6) is 0. The topological polar surface area (TPSA) is 99.2 Å². The van der Waals surface area contributed by atoms with Crippen LogP contribution in [0.2, 0.25) is 0 Å². The summed E-state index contributed by atoms with van der Waals surface area (Å²) in [6.45, 7) is 5.00. The van der Waals surface area contributed by atoms with Crippen LogP contribution >= 0.6 is 0 Å². The first kappa shape index (κ1) is 14.4. The molecular formula is C11H20N4O3S. The highest BCUT2D eigenvalue weighted by Crippen LogP contribution is 2.24. The Kier molecular flexibility index (Phi) is 4.24. The zero-order valence-electron chi connectivity index (χ0n) is 11.1. The highest BCUT2D eigenvalue weighted by Gasteiger charge is 2.42. The van der Waals surface area contributed by atoms with Crippen LogP contribution in [0.3, 0.4) is 0 Å². The largest absolute Gasteiger partial charge is 0.377 e. The first-order chi connectivity index (χ1) is 8.97. The Hall–Kier alpha value is -0.960. The Morgan fingerprint density at radius 2 is 2.32 bits per heavy atom. The average molecular weight is 288 g/mol. The molecule has 0 amide bonds. The molecule has 0 bridgehead atoms. The molecule has 3 atom stereocenters. The van der Waals surface area contributed by atoms with E-state index in [-0.39, 0.29) is 23.2 Å². The van der Waals surface area contributed by atoms with Gasteiger partial charge >= 0.3 is 0 Å². The fraction of sp³-hybridized carbons (Fsp3) is 0.727. The molecule has 1 saturated carbocycles. The van der Waals surface area contributed by atoms with Gasteiger partial charge in [0.25, 0.3) is 10.0 Å². The number of rotatable bonds is 6. The van der Waals surface area contributed by atoms with Gasteiger partial charge in [0.05, 0.1) is 18.5 Å². The van der Waals surface area contributed by atoms with E-state index in [1.165, 1.54) is 12.5 Å². The van der Waals surface area contributed by atoms with Gasteiger partial charge in [0.15, 0.2) is 5.03 Å². The number of nitrogens with zero attached hydrogens (tertiary/aromatic N) is 2. The van der Waals surface area contributed by atoms with Gasteiger partial charge in [-0.2, -0.15) is 0 Å². The van der Waals surface area contributed by atoms with Crippen molar-refractivity contribution in [3.8, 4) is 0 Å². The standard InChI is InChI=1S/C11H20N4O3S/c1-3-15-6-10(13-7-15)19(16,17)14-11-8(12)5-9(11)18-4-2/h6-9,11,14H,3-5,12H2,1-2H3. The first-order valence-corrected chi connectivity index (χ1v) is 7.87. The molecule has 0 saturated heterocycles. The van der Waals surface area contributed by atoms with E-state index in [9.17, 15) is 8.42 Å². The van der Waals surface area contributed by atoms with Crippen LogP contribution in [-0.2, 0) is 21.3 Å². The summed E-state index contributed by atoms with van der Waals surface area (Å²) >= 11 is 0. The van der Waals surface area contributed by atoms with Crippen LogP contribution in [0.4, 0.5) is 0 Å². The fourth-order valence-electron chi connectivity index (χ4n) is 2.08. The second kappa shape index (κ2) is 5.58. The van der Waals surface area contributed by atoms with Crippen molar-refractivity contribution < 1.29 is 13.2 Å². The van der Waals surface area contributed by atoms with Gasteiger partial charge in [-0.05, 0) is 20.3 Å². The summed E-state index contributed by atoms with van der Waals surface area (Å²) < 4.78 is 34.0. The zero-order chi connectivity index (χ0) is 14.0. The van der Waals surface area contributed by atoms with Crippen molar-refractivity contribution in [1.29, 1.82) is 0 Å². The molecule has 3 unspecified atom stereocenters. The van der Waals surface area contributed by atoms with E-state index in [2.05, 4.69) is 9.71 Å². The van der Waals surface area contributed by atoms with Crippen molar-refractivity contribution >= 4 is 10.0 Å². The molecule has 108 valence electrons. The van der Waals surface area contributed by atoms with Crippen molar-refractivity contribution in [2.45, 2.75) is 50.0 Å². The van der Waals surface area contributed by atoms with Crippen molar-refractivity contribution in [3.05, 3.63) is 12.5 Å². The SMILES string of the molecule is CCOC1CC(N)C1NS(=O)(=O)c1cn(CC)cn1. The van der Waals surface area contributed by atoms with Gasteiger partial charge in [-0.15, -0.1) is 0 Å². The maximum atomic E-state index is 12.2. The maximum absolute atomic E-state index is 12.2. The van der Waals surface area contributed by atoms with Crippen molar-refractivity contribution in [2.24, 2.45) is 5.73 Å². The summed E-state index contributed by atoms with van der Waals surface area (Å²) in [6, 6.07) is -0.587. The molecule has 1 heterocycles. The van der Waals surface area contributed by atoms with Crippen LogP contribution in [0.5, 0.6) is 0 Å². The summed E-state index contributed by atoms with van der Waals surface area (Å²) in [6.07, 6.45) is 3.52. The molecule has 7 nitrogen and oxygen atoms in total. The molecule has 0 radical (unpaired) electrons. The number of nitrogens with two attached hydrogens (primary N) is 1. The lowest BCUT2D eigenvalue weighted by Gasteiger charge is -2.41. The third-order valence-electron chi connectivity index (χ3n) is 3.29. The number of nitrogens with one attached hydrogen (secondary N) is 1. The van der Waals surface area contributed by atoms with Gasteiger partial charge in [0.2, 0.25) is 0 Å². The molecule has 1 aromatic rings. The van der Waals surface area contributed by atoms with Gasteiger partial charge in [0, 0.05) is 25.4 Å². The van der Waals surface area contributed by atoms with E-state index < -0.39 is 10.0 Å². The Labute approximate surface area is 113 Å². The summed E-state index contributed by atoms with van der Waals surface area (Å²) in [5, 5.41) is 0.0173. The molecule has 0 aromatic carbocycles. The summed E-state index contributed by atoms with van der Waals surface area (Å²) in [7, 11) is -3.64. The van der Waals surface area contributed by atoms with E-state index in [0.717, 1.165) is 0 Å². The number of aromatic nitrogens is 2. The molecule has 1 aliphatic carbocycles. The van der Waals surface area contributed by atoms with Crippen LogP contribution in [0.15, 0.2) is 17.6 Å². The smallest absolute Gasteiger partial charge is 0.259 e. The van der Waals surface area contributed by atoms with Crippen molar-refractivity contribution in [1.82, 2.24) is 14.3 Å². The fourth-order valence-corrected chi connectivity index (χ4v) is 3.35. The number of imidazole rings is 1. The Bertz CT molecular complexity index is 526. The van der Waals surface area contributed by atoms with Gasteiger partial charge in [0.1, 0.15) is 0 Å². The minimum Gasteiger partial charge on any atom is -0.377 e. The Morgan fingerprint density at radius 3 is 2.84 bits per heavy atom. The maximum Gasteiger partial charge on any atom is 0.259 e. The Morgan fingerprint density at radius 1 is 1.58 bits per heavy atom. The second-order valence-corrected chi connectivity index (χ2v) is 6.24. The quantitative estimate of drug-likeness (QED) is 0.748. The molecule has 3 N–H and O–H groups in total. The second-order valence-electron chi connectivity index (χ2n) is 4.58. The van der Waals surface area contributed by atoms with Crippen molar-refractivity contribution in [2.75, 3.05) is 6.61 Å². The number of hydrogen-bond donors (Lipinski definition) is 2. The summed E-state index contributed by atoms with van der Waals surface area (Å²) in [4.78, 5) is 3.90. The first-order valence-electron chi connectivity index (χ1n) is 6.39. The minimum absolute atomic E-state index is 0.0173. The lowest BCUT2D eigenvalue weighted by Crippen LogP contribution is -2.64. The molecule has 1 fully saturated rings. The van der Waals surface area contributed by atoms with Gasteiger partial charge in [-0.3, -0.25) is 0 Å². The van der Waals surface area contributed by atoms with Gasteiger partial charge in [-0.1, -0.05) is 0 Å².